The Morgan fingerprint density at radius 1 is 1.53 bits per heavy atom. The van der Waals surface area contributed by atoms with Crippen molar-refractivity contribution in [3.05, 3.63) is 33.3 Å². The largest absolute Gasteiger partial charge is 0.388 e. The summed E-state index contributed by atoms with van der Waals surface area (Å²) in [5.74, 6) is 0.0877. The minimum atomic E-state index is -0.911. The van der Waals surface area contributed by atoms with Gasteiger partial charge in [0.05, 0.1) is 16.2 Å². The van der Waals surface area contributed by atoms with Gasteiger partial charge < -0.3 is 10.4 Å². The van der Waals surface area contributed by atoms with Gasteiger partial charge in [-0.25, -0.2) is 0 Å². The third-order valence-corrected chi connectivity index (χ3v) is 3.46. The van der Waals surface area contributed by atoms with Gasteiger partial charge in [0.15, 0.2) is 0 Å². The molecule has 0 fully saturated rings. The smallest absolute Gasteiger partial charge is 0.252 e. The summed E-state index contributed by atoms with van der Waals surface area (Å²) >= 11 is 9.29. The number of benzene rings is 1. The van der Waals surface area contributed by atoms with Crippen LogP contribution in [0.5, 0.6) is 0 Å². The highest BCUT2D eigenvalue weighted by Crippen LogP contribution is 2.21. The van der Waals surface area contributed by atoms with Gasteiger partial charge in [-0.2, -0.15) is 0 Å². The predicted molar refractivity (Wildman–Crippen MR) is 81.6 cm³/mol. The van der Waals surface area contributed by atoms with E-state index < -0.39 is 5.60 Å². The van der Waals surface area contributed by atoms with E-state index in [-0.39, 0.29) is 12.5 Å². The lowest BCUT2D eigenvalue weighted by Crippen LogP contribution is -2.41. The number of hydrogen-bond acceptors (Lipinski definition) is 2. The van der Waals surface area contributed by atoms with Crippen LogP contribution < -0.4 is 5.32 Å². The molecular weight excluding hydrogens is 330 g/mol. The number of amides is 1. The summed E-state index contributed by atoms with van der Waals surface area (Å²) in [4.78, 5) is 12.0. The van der Waals surface area contributed by atoms with Crippen LogP contribution in [0.4, 0.5) is 0 Å². The monoisotopic (exact) mass is 347 g/mol. The first-order valence-electron chi connectivity index (χ1n) is 6.17. The normalized spacial score (nSPS) is 14.3. The fourth-order valence-electron chi connectivity index (χ4n) is 1.99. The molecule has 1 aromatic rings. The van der Waals surface area contributed by atoms with E-state index in [0.717, 1.165) is 4.47 Å². The zero-order valence-electron chi connectivity index (χ0n) is 11.3. The van der Waals surface area contributed by atoms with Crippen LogP contribution in [0.1, 0.15) is 37.6 Å². The molecule has 0 aliphatic carbocycles. The van der Waals surface area contributed by atoms with Crippen molar-refractivity contribution in [3.63, 3.8) is 0 Å². The van der Waals surface area contributed by atoms with Gasteiger partial charge in [-0.1, -0.05) is 41.4 Å². The molecule has 0 aliphatic rings. The number of halogens is 2. The molecule has 0 saturated carbocycles. The topological polar surface area (TPSA) is 49.3 Å². The molecule has 19 heavy (non-hydrogen) atoms. The third-order valence-electron chi connectivity index (χ3n) is 2.65. The first kappa shape index (κ1) is 16.5. The number of aliphatic hydroxyl groups is 1. The van der Waals surface area contributed by atoms with Gasteiger partial charge in [-0.3, -0.25) is 4.79 Å². The van der Waals surface area contributed by atoms with Crippen molar-refractivity contribution in [2.75, 3.05) is 6.54 Å². The molecule has 5 heteroatoms. The standard InChI is InChI=1S/C14H19BrClNO2/c1-9(2)7-14(3,19)8-17-13(18)11-5-4-10(15)6-12(11)16/h4-6,9,19H,7-8H2,1-3H3,(H,17,18). The van der Waals surface area contributed by atoms with Crippen molar-refractivity contribution in [2.24, 2.45) is 5.92 Å². The SMILES string of the molecule is CC(C)CC(C)(O)CNC(=O)c1ccc(Br)cc1Cl. The van der Waals surface area contributed by atoms with Crippen LogP contribution in [0.15, 0.2) is 22.7 Å². The molecule has 2 N–H and O–H groups in total. The van der Waals surface area contributed by atoms with Crippen LogP contribution in [0.3, 0.4) is 0 Å². The van der Waals surface area contributed by atoms with Gasteiger partial charge in [0.2, 0.25) is 0 Å². The fraction of sp³-hybridized carbons (Fsp3) is 0.500. The highest BCUT2D eigenvalue weighted by atomic mass is 79.9. The number of rotatable bonds is 5. The van der Waals surface area contributed by atoms with Crippen molar-refractivity contribution in [2.45, 2.75) is 32.8 Å². The Hall–Kier alpha value is -0.580. The van der Waals surface area contributed by atoms with E-state index in [0.29, 0.717) is 22.9 Å². The van der Waals surface area contributed by atoms with Crippen molar-refractivity contribution in [1.29, 1.82) is 0 Å². The van der Waals surface area contributed by atoms with Crippen molar-refractivity contribution in [3.8, 4) is 0 Å². The second-order valence-electron chi connectivity index (χ2n) is 5.40. The highest BCUT2D eigenvalue weighted by molar-refractivity contribution is 9.10. The highest BCUT2D eigenvalue weighted by Gasteiger charge is 2.23. The number of carbonyl (C=O) groups is 1. The van der Waals surface area contributed by atoms with Gasteiger partial charge in [0.1, 0.15) is 0 Å². The number of hydrogen-bond donors (Lipinski definition) is 2. The Kier molecular flexibility index (Phi) is 5.83. The first-order chi connectivity index (χ1) is 8.71. The summed E-state index contributed by atoms with van der Waals surface area (Å²) in [6.45, 7) is 5.98. The van der Waals surface area contributed by atoms with Gasteiger partial charge in [-0.05, 0) is 37.5 Å². The molecule has 3 nitrogen and oxygen atoms in total. The lowest BCUT2D eigenvalue weighted by molar-refractivity contribution is 0.0368. The third kappa shape index (κ3) is 5.51. The average molecular weight is 349 g/mol. The summed E-state index contributed by atoms with van der Waals surface area (Å²) in [7, 11) is 0. The Labute approximate surface area is 127 Å². The van der Waals surface area contributed by atoms with Crippen LogP contribution in [0.2, 0.25) is 5.02 Å². The van der Waals surface area contributed by atoms with Crippen LogP contribution >= 0.6 is 27.5 Å². The van der Waals surface area contributed by atoms with Gasteiger partial charge in [0.25, 0.3) is 5.91 Å². The maximum absolute atomic E-state index is 12.0. The Morgan fingerprint density at radius 3 is 2.68 bits per heavy atom. The van der Waals surface area contributed by atoms with E-state index in [2.05, 4.69) is 21.2 Å². The quantitative estimate of drug-likeness (QED) is 0.853. The van der Waals surface area contributed by atoms with E-state index in [1.807, 2.05) is 13.8 Å². The van der Waals surface area contributed by atoms with Crippen LogP contribution in [-0.2, 0) is 0 Å². The molecule has 106 valence electrons. The zero-order valence-corrected chi connectivity index (χ0v) is 13.7. The number of nitrogens with one attached hydrogen (secondary N) is 1. The molecule has 0 saturated heterocycles. The second-order valence-corrected chi connectivity index (χ2v) is 6.72. The molecule has 0 aromatic heterocycles. The Balaban J connectivity index is 2.65. The fourth-order valence-corrected chi connectivity index (χ4v) is 2.75. The van der Waals surface area contributed by atoms with Gasteiger partial charge in [-0.15, -0.1) is 0 Å². The summed E-state index contributed by atoms with van der Waals surface area (Å²) < 4.78 is 0.820. The van der Waals surface area contributed by atoms with Crippen LogP contribution in [0, 0.1) is 5.92 Å². The molecular formula is C14H19BrClNO2. The lowest BCUT2D eigenvalue weighted by Gasteiger charge is -2.25. The molecule has 0 radical (unpaired) electrons. The molecule has 1 atom stereocenters. The van der Waals surface area contributed by atoms with Crippen LogP contribution in [-0.4, -0.2) is 23.2 Å². The molecule has 0 spiro atoms. The second kappa shape index (κ2) is 6.73. The lowest BCUT2D eigenvalue weighted by atomic mass is 9.94. The maximum atomic E-state index is 12.0. The summed E-state index contributed by atoms with van der Waals surface area (Å²) in [5, 5.41) is 13.2. The van der Waals surface area contributed by atoms with E-state index in [1.165, 1.54) is 0 Å². The number of carbonyl (C=O) groups excluding carboxylic acids is 1. The first-order valence-corrected chi connectivity index (χ1v) is 7.34. The summed E-state index contributed by atoms with van der Waals surface area (Å²) in [5.41, 5.74) is -0.503. The summed E-state index contributed by atoms with van der Waals surface area (Å²) in [6, 6.07) is 5.08. The zero-order chi connectivity index (χ0) is 14.6. The molecule has 1 aromatic carbocycles. The molecule has 1 rings (SSSR count). The molecule has 1 amide bonds. The van der Waals surface area contributed by atoms with Crippen molar-refractivity contribution in [1.82, 2.24) is 5.32 Å². The minimum Gasteiger partial charge on any atom is -0.388 e. The molecule has 1 unspecified atom stereocenters. The predicted octanol–water partition coefficient (Wildman–Crippen LogP) is 3.63. The Bertz CT molecular complexity index is 461. The van der Waals surface area contributed by atoms with Crippen LogP contribution in [0.25, 0.3) is 0 Å². The average Bonchev–Trinajstić information content (AvgIpc) is 2.24. The van der Waals surface area contributed by atoms with Gasteiger partial charge >= 0.3 is 0 Å². The van der Waals surface area contributed by atoms with Gasteiger partial charge in [0, 0.05) is 11.0 Å². The molecule has 0 heterocycles. The van der Waals surface area contributed by atoms with E-state index in [4.69, 9.17) is 11.6 Å². The van der Waals surface area contributed by atoms with Crippen molar-refractivity contribution >= 4 is 33.4 Å². The minimum absolute atomic E-state index is 0.205. The van der Waals surface area contributed by atoms with Crippen molar-refractivity contribution < 1.29 is 9.90 Å². The molecule has 0 bridgehead atoms. The maximum Gasteiger partial charge on any atom is 0.252 e. The van der Waals surface area contributed by atoms with E-state index in [9.17, 15) is 9.90 Å². The molecule has 0 aliphatic heterocycles. The Morgan fingerprint density at radius 2 is 2.16 bits per heavy atom. The van der Waals surface area contributed by atoms with E-state index in [1.54, 1.807) is 25.1 Å². The van der Waals surface area contributed by atoms with E-state index >= 15 is 0 Å². The summed E-state index contributed by atoms with van der Waals surface area (Å²) in [6.07, 6.45) is 0.626.